The van der Waals surface area contributed by atoms with Crippen molar-refractivity contribution in [1.29, 1.82) is 0 Å². The lowest BCUT2D eigenvalue weighted by Gasteiger charge is -2.23. The fourth-order valence-corrected chi connectivity index (χ4v) is 2.90. The van der Waals surface area contributed by atoms with Gasteiger partial charge in [0.1, 0.15) is 11.4 Å². The summed E-state index contributed by atoms with van der Waals surface area (Å²) in [4.78, 5) is 16.8. The van der Waals surface area contributed by atoms with E-state index in [9.17, 15) is 4.79 Å². The molecule has 0 aliphatic carbocycles. The molecule has 28 heavy (non-hydrogen) atoms. The molecule has 2 aromatic carbocycles. The normalized spacial score (nSPS) is 11.0. The molecule has 5 nitrogen and oxygen atoms in total. The summed E-state index contributed by atoms with van der Waals surface area (Å²) >= 11 is 0. The van der Waals surface area contributed by atoms with Gasteiger partial charge in [0.05, 0.1) is 7.11 Å². The Morgan fingerprint density at radius 1 is 0.964 bits per heavy atom. The zero-order chi connectivity index (χ0) is 20.1. The Bertz CT molecular complexity index is 960. The monoisotopic (exact) mass is 375 g/mol. The van der Waals surface area contributed by atoms with Gasteiger partial charge < -0.3 is 15.4 Å². The molecule has 0 aliphatic rings. The smallest absolute Gasteiger partial charge is 0.274 e. The number of methoxy groups -OCH3 is 1. The molecule has 1 amide bonds. The number of pyridine rings is 1. The number of hydrogen-bond donors (Lipinski definition) is 2. The highest BCUT2D eigenvalue weighted by Crippen LogP contribution is 2.31. The number of benzene rings is 2. The molecule has 0 unspecified atom stereocenters. The quantitative estimate of drug-likeness (QED) is 0.628. The Hall–Kier alpha value is -3.34. The third kappa shape index (κ3) is 4.68. The Balaban J connectivity index is 1.78. The first-order valence-corrected chi connectivity index (χ1v) is 9.15. The third-order valence-corrected chi connectivity index (χ3v) is 4.35. The van der Waals surface area contributed by atoms with Crippen LogP contribution < -0.4 is 15.4 Å². The largest absolute Gasteiger partial charge is 0.497 e. The van der Waals surface area contributed by atoms with Crippen LogP contribution >= 0.6 is 0 Å². The predicted molar refractivity (Wildman–Crippen MR) is 114 cm³/mol. The fourth-order valence-electron chi connectivity index (χ4n) is 2.90. The number of aromatic nitrogens is 1. The Labute approximate surface area is 165 Å². The van der Waals surface area contributed by atoms with E-state index in [1.165, 1.54) is 5.56 Å². The highest BCUT2D eigenvalue weighted by Gasteiger charge is 2.17. The molecule has 0 radical (unpaired) electrons. The van der Waals surface area contributed by atoms with Crippen LogP contribution in [0.4, 0.5) is 17.1 Å². The van der Waals surface area contributed by atoms with Crippen LogP contribution in [-0.2, 0) is 5.41 Å². The summed E-state index contributed by atoms with van der Waals surface area (Å²) in [6.07, 6.45) is 1.63. The molecule has 1 heterocycles. The molecule has 0 fully saturated rings. The summed E-state index contributed by atoms with van der Waals surface area (Å²) in [5, 5.41) is 6.27. The minimum absolute atomic E-state index is 0.00515. The summed E-state index contributed by atoms with van der Waals surface area (Å²) in [6, 6.07) is 19.0. The Morgan fingerprint density at radius 2 is 1.68 bits per heavy atom. The number of para-hydroxylation sites is 1. The van der Waals surface area contributed by atoms with Crippen molar-refractivity contribution in [3.8, 4) is 5.75 Å². The van der Waals surface area contributed by atoms with E-state index in [0.717, 1.165) is 17.1 Å². The molecular weight excluding hydrogens is 350 g/mol. The van der Waals surface area contributed by atoms with E-state index >= 15 is 0 Å². The van der Waals surface area contributed by atoms with Gasteiger partial charge in [0.25, 0.3) is 5.91 Å². The molecule has 0 bridgehead atoms. The van der Waals surface area contributed by atoms with Gasteiger partial charge in [0.15, 0.2) is 0 Å². The van der Waals surface area contributed by atoms with E-state index in [1.54, 1.807) is 43.6 Å². The van der Waals surface area contributed by atoms with Crippen LogP contribution in [0.5, 0.6) is 5.75 Å². The van der Waals surface area contributed by atoms with Crippen LogP contribution in [0.25, 0.3) is 0 Å². The van der Waals surface area contributed by atoms with Gasteiger partial charge in [0, 0.05) is 23.3 Å². The minimum Gasteiger partial charge on any atom is -0.497 e. The van der Waals surface area contributed by atoms with E-state index < -0.39 is 0 Å². The summed E-state index contributed by atoms with van der Waals surface area (Å²) in [5.74, 6) is 0.470. The molecule has 0 aliphatic heterocycles. The highest BCUT2D eigenvalue weighted by molar-refractivity contribution is 6.03. The average molecular weight is 375 g/mol. The number of amides is 1. The minimum atomic E-state index is -0.266. The second kappa shape index (κ2) is 8.13. The van der Waals surface area contributed by atoms with Crippen molar-refractivity contribution in [2.24, 2.45) is 0 Å². The lowest BCUT2D eigenvalue weighted by molar-refractivity contribution is 0.102. The van der Waals surface area contributed by atoms with Crippen molar-refractivity contribution < 1.29 is 9.53 Å². The molecule has 0 atom stereocenters. The van der Waals surface area contributed by atoms with Crippen LogP contribution in [0.1, 0.15) is 36.8 Å². The van der Waals surface area contributed by atoms with E-state index in [1.807, 2.05) is 24.3 Å². The molecule has 0 spiro atoms. The van der Waals surface area contributed by atoms with Gasteiger partial charge in [-0.05, 0) is 53.4 Å². The van der Waals surface area contributed by atoms with Crippen molar-refractivity contribution in [2.45, 2.75) is 26.2 Å². The standard InChI is InChI=1S/C23H25N3O2/c1-23(2,3)19-7-5-6-8-20(19)25-17-13-14-24-21(15-17)22(27)26-16-9-11-18(28-4)12-10-16/h5-15H,1-4H3,(H,24,25)(H,26,27). The number of hydrogen-bond acceptors (Lipinski definition) is 4. The van der Waals surface area contributed by atoms with Gasteiger partial charge in [-0.3, -0.25) is 9.78 Å². The summed E-state index contributed by atoms with van der Waals surface area (Å²) < 4.78 is 5.13. The first-order chi connectivity index (χ1) is 13.4. The van der Waals surface area contributed by atoms with Gasteiger partial charge in [-0.1, -0.05) is 39.0 Å². The van der Waals surface area contributed by atoms with Crippen LogP contribution in [0.3, 0.4) is 0 Å². The molecule has 2 N–H and O–H groups in total. The molecule has 0 saturated carbocycles. The van der Waals surface area contributed by atoms with Crippen LogP contribution in [0.2, 0.25) is 0 Å². The van der Waals surface area contributed by atoms with Crippen molar-refractivity contribution in [3.05, 3.63) is 78.1 Å². The van der Waals surface area contributed by atoms with Crippen molar-refractivity contribution >= 4 is 23.0 Å². The lowest BCUT2D eigenvalue weighted by Crippen LogP contribution is -2.15. The van der Waals surface area contributed by atoms with Crippen LogP contribution in [0, 0.1) is 0 Å². The zero-order valence-corrected chi connectivity index (χ0v) is 16.6. The maximum Gasteiger partial charge on any atom is 0.274 e. The number of ether oxygens (including phenoxy) is 1. The fraction of sp³-hybridized carbons (Fsp3) is 0.217. The summed E-state index contributed by atoms with van der Waals surface area (Å²) in [7, 11) is 1.60. The van der Waals surface area contributed by atoms with Gasteiger partial charge in [-0.2, -0.15) is 0 Å². The molecule has 144 valence electrons. The number of nitrogens with one attached hydrogen (secondary N) is 2. The van der Waals surface area contributed by atoms with Crippen molar-refractivity contribution in [3.63, 3.8) is 0 Å². The molecule has 5 heteroatoms. The third-order valence-electron chi connectivity index (χ3n) is 4.35. The topological polar surface area (TPSA) is 63.2 Å². The van der Waals surface area contributed by atoms with E-state index in [4.69, 9.17) is 4.74 Å². The van der Waals surface area contributed by atoms with Gasteiger partial charge >= 0.3 is 0 Å². The van der Waals surface area contributed by atoms with E-state index in [0.29, 0.717) is 11.4 Å². The second-order valence-corrected chi connectivity index (χ2v) is 7.53. The first kappa shape index (κ1) is 19.4. The van der Waals surface area contributed by atoms with Gasteiger partial charge in [-0.15, -0.1) is 0 Å². The average Bonchev–Trinajstić information content (AvgIpc) is 2.68. The molecule has 3 aromatic rings. The second-order valence-electron chi connectivity index (χ2n) is 7.53. The van der Waals surface area contributed by atoms with E-state index in [-0.39, 0.29) is 11.3 Å². The number of carbonyl (C=O) groups excluding carboxylic acids is 1. The predicted octanol–water partition coefficient (Wildman–Crippen LogP) is 5.38. The highest BCUT2D eigenvalue weighted by atomic mass is 16.5. The molecule has 3 rings (SSSR count). The molecule has 1 aromatic heterocycles. The summed E-state index contributed by atoms with van der Waals surface area (Å²) in [6.45, 7) is 6.52. The van der Waals surface area contributed by atoms with Crippen molar-refractivity contribution in [1.82, 2.24) is 4.98 Å². The molecule has 0 saturated heterocycles. The lowest BCUT2D eigenvalue weighted by atomic mass is 9.86. The Morgan fingerprint density at radius 3 is 2.36 bits per heavy atom. The van der Waals surface area contributed by atoms with Crippen molar-refractivity contribution in [2.75, 3.05) is 17.7 Å². The number of nitrogens with zero attached hydrogens (tertiary/aromatic N) is 1. The van der Waals surface area contributed by atoms with Crippen LogP contribution in [-0.4, -0.2) is 18.0 Å². The summed E-state index contributed by atoms with van der Waals surface area (Å²) in [5.41, 5.74) is 4.06. The maximum absolute atomic E-state index is 12.6. The SMILES string of the molecule is COc1ccc(NC(=O)c2cc(Nc3ccccc3C(C)(C)C)ccn2)cc1. The molecular formula is C23H25N3O2. The number of carbonyl (C=O) groups is 1. The zero-order valence-electron chi connectivity index (χ0n) is 16.6. The van der Waals surface area contributed by atoms with Gasteiger partial charge in [-0.25, -0.2) is 0 Å². The van der Waals surface area contributed by atoms with Gasteiger partial charge in [0.2, 0.25) is 0 Å². The first-order valence-electron chi connectivity index (χ1n) is 9.15. The number of rotatable bonds is 5. The number of anilines is 3. The van der Waals surface area contributed by atoms with E-state index in [2.05, 4.69) is 42.5 Å². The maximum atomic E-state index is 12.6. The van der Waals surface area contributed by atoms with Crippen LogP contribution in [0.15, 0.2) is 66.9 Å². The Kier molecular flexibility index (Phi) is 5.64.